The highest BCUT2D eigenvalue weighted by atomic mass is 16.2. The van der Waals surface area contributed by atoms with Gasteiger partial charge in [-0.3, -0.25) is 9.59 Å². The van der Waals surface area contributed by atoms with Gasteiger partial charge in [0.15, 0.2) is 0 Å². The van der Waals surface area contributed by atoms with Crippen molar-refractivity contribution >= 4 is 11.8 Å². The minimum Gasteiger partial charge on any atom is -0.354 e. The SMILES string of the molecule is O=C(Cc1ccc(-n2cccn2)cc1)NCCNC(=O)c1ccccc1. The molecule has 26 heavy (non-hydrogen) atoms. The van der Waals surface area contributed by atoms with Crippen LogP contribution in [0.2, 0.25) is 0 Å². The lowest BCUT2D eigenvalue weighted by Gasteiger charge is -2.08. The fourth-order valence-electron chi connectivity index (χ4n) is 2.51. The molecule has 6 heteroatoms. The van der Waals surface area contributed by atoms with E-state index in [0.717, 1.165) is 11.3 Å². The third-order valence-corrected chi connectivity index (χ3v) is 3.84. The molecule has 2 N–H and O–H groups in total. The summed E-state index contributed by atoms with van der Waals surface area (Å²) < 4.78 is 1.76. The predicted molar refractivity (Wildman–Crippen MR) is 99.1 cm³/mol. The van der Waals surface area contributed by atoms with Gasteiger partial charge in [-0.05, 0) is 35.9 Å². The minimum absolute atomic E-state index is 0.0780. The third kappa shape index (κ3) is 4.80. The molecule has 2 aromatic carbocycles. The number of carbonyl (C=O) groups is 2. The largest absolute Gasteiger partial charge is 0.354 e. The lowest BCUT2D eigenvalue weighted by Crippen LogP contribution is -2.35. The Hall–Kier alpha value is -3.41. The van der Waals surface area contributed by atoms with Crippen molar-refractivity contribution in [2.24, 2.45) is 0 Å². The first-order valence-electron chi connectivity index (χ1n) is 8.41. The van der Waals surface area contributed by atoms with Crippen LogP contribution >= 0.6 is 0 Å². The maximum Gasteiger partial charge on any atom is 0.251 e. The van der Waals surface area contributed by atoms with Gasteiger partial charge in [-0.1, -0.05) is 30.3 Å². The van der Waals surface area contributed by atoms with E-state index in [2.05, 4.69) is 15.7 Å². The number of rotatable bonds is 7. The summed E-state index contributed by atoms with van der Waals surface area (Å²) in [6.07, 6.45) is 3.88. The number of hydrogen-bond acceptors (Lipinski definition) is 3. The molecule has 0 spiro atoms. The number of benzene rings is 2. The molecule has 0 unspecified atom stereocenters. The van der Waals surface area contributed by atoms with Gasteiger partial charge >= 0.3 is 0 Å². The van der Waals surface area contributed by atoms with Gasteiger partial charge in [0.1, 0.15) is 0 Å². The second kappa shape index (κ2) is 8.62. The van der Waals surface area contributed by atoms with Crippen LogP contribution in [0.5, 0.6) is 0 Å². The summed E-state index contributed by atoms with van der Waals surface area (Å²) in [4.78, 5) is 23.9. The first kappa shape index (κ1) is 17.4. The van der Waals surface area contributed by atoms with Gasteiger partial charge in [0, 0.05) is 31.0 Å². The number of aromatic nitrogens is 2. The maximum absolute atomic E-state index is 12.0. The Balaban J connectivity index is 1.39. The molecule has 3 aromatic rings. The van der Waals surface area contributed by atoms with Gasteiger partial charge in [0.25, 0.3) is 5.91 Å². The Morgan fingerprint density at radius 2 is 1.62 bits per heavy atom. The average molecular weight is 348 g/mol. The molecule has 2 amide bonds. The number of amides is 2. The van der Waals surface area contributed by atoms with E-state index in [9.17, 15) is 9.59 Å². The average Bonchev–Trinajstić information content (AvgIpc) is 3.21. The number of carbonyl (C=O) groups excluding carboxylic acids is 2. The highest BCUT2D eigenvalue weighted by Crippen LogP contribution is 2.09. The van der Waals surface area contributed by atoms with Crippen LogP contribution in [-0.4, -0.2) is 34.7 Å². The van der Waals surface area contributed by atoms with Gasteiger partial charge in [0.2, 0.25) is 5.91 Å². The Labute approximate surface area is 151 Å². The summed E-state index contributed by atoms with van der Waals surface area (Å²) >= 11 is 0. The summed E-state index contributed by atoms with van der Waals surface area (Å²) in [5, 5.41) is 9.75. The number of hydrogen-bond donors (Lipinski definition) is 2. The van der Waals surface area contributed by atoms with Crippen molar-refractivity contribution in [1.82, 2.24) is 20.4 Å². The molecule has 0 aliphatic heterocycles. The monoisotopic (exact) mass is 348 g/mol. The summed E-state index contributed by atoms with van der Waals surface area (Å²) in [5.41, 5.74) is 2.48. The maximum atomic E-state index is 12.0. The van der Waals surface area contributed by atoms with E-state index in [-0.39, 0.29) is 11.8 Å². The molecule has 1 aromatic heterocycles. The molecule has 0 radical (unpaired) electrons. The summed E-state index contributed by atoms with van der Waals surface area (Å²) in [6, 6.07) is 18.5. The second-order valence-electron chi connectivity index (χ2n) is 5.77. The lowest BCUT2D eigenvalue weighted by atomic mass is 10.1. The third-order valence-electron chi connectivity index (χ3n) is 3.84. The molecule has 0 aliphatic carbocycles. The van der Waals surface area contributed by atoms with E-state index in [1.807, 2.05) is 54.7 Å². The molecule has 0 atom stereocenters. The topological polar surface area (TPSA) is 76.0 Å². The van der Waals surface area contributed by atoms with Crippen LogP contribution in [0.1, 0.15) is 15.9 Å². The molecular weight excluding hydrogens is 328 g/mol. The molecule has 132 valence electrons. The molecule has 0 aliphatic rings. The summed E-state index contributed by atoms with van der Waals surface area (Å²) in [7, 11) is 0. The van der Waals surface area contributed by atoms with E-state index in [4.69, 9.17) is 0 Å². The van der Waals surface area contributed by atoms with Crippen LogP contribution in [0.25, 0.3) is 5.69 Å². The molecule has 0 fully saturated rings. The standard InChI is InChI=1S/C20H20N4O2/c25-19(21-12-13-22-20(26)17-5-2-1-3-6-17)15-16-7-9-18(10-8-16)24-14-4-11-23-24/h1-11,14H,12-13,15H2,(H,21,25)(H,22,26). The molecule has 6 nitrogen and oxygen atoms in total. The van der Waals surface area contributed by atoms with E-state index in [1.54, 1.807) is 23.0 Å². The summed E-state index contributed by atoms with van der Waals surface area (Å²) in [5.74, 6) is -0.222. The van der Waals surface area contributed by atoms with E-state index in [1.165, 1.54) is 0 Å². The van der Waals surface area contributed by atoms with Gasteiger partial charge in [0.05, 0.1) is 12.1 Å². The zero-order chi connectivity index (χ0) is 18.2. The molecular formula is C20H20N4O2. The van der Waals surface area contributed by atoms with Crippen LogP contribution in [0.4, 0.5) is 0 Å². The van der Waals surface area contributed by atoms with Crippen molar-refractivity contribution in [3.05, 3.63) is 84.2 Å². The molecule has 0 bridgehead atoms. The summed E-state index contributed by atoms with van der Waals surface area (Å²) in [6.45, 7) is 0.778. The first-order valence-corrected chi connectivity index (χ1v) is 8.41. The van der Waals surface area contributed by atoms with E-state index in [0.29, 0.717) is 25.1 Å². The second-order valence-corrected chi connectivity index (χ2v) is 5.77. The number of nitrogens with zero attached hydrogens (tertiary/aromatic N) is 2. The molecule has 0 saturated heterocycles. The fourth-order valence-corrected chi connectivity index (χ4v) is 2.51. The van der Waals surface area contributed by atoms with Crippen molar-refractivity contribution in [2.45, 2.75) is 6.42 Å². The van der Waals surface area contributed by atoms with Crippen LogP contribution in [-0.2, 0) is 11.2 Å². The Kier molecular flexibility index (Phi) is 5.77. The highest BCUT2D eigenvalue weighted by molar-refractivity contribution is 5.94. The Morgan fingerprint density at radius 1 is 0.885 bits per heavy atom. The normalized spacial score (nSPS) is 10.3. The van der Waals surface area contributed by atoms with Gasteiger partial charge in [-0.2, -0.15) is 5.10 Å². The smallest absolute Gasteiger partial charge is 0.251 e. The van der Waals surface area contributed by atoms with Crippen LogP contribution in [0, 0.1) is 0 Å². The van der Waals surface area contributed by atoms with E-state index >= 15 is 0 Å². The van der Waals surface area contributed by atoms with Gasteiger partial charge in [-0.15, -0.1) is 0 Å². The van der Waals surface area contributed by atoms with E-state index < -0.39 is 0 Å². The molecule has 1 heterocycles. The van der Waals surface area contributed by atoms with Crippen molar-refractivity contribution in [3.63, 3.8) is 0 Å². The lowest BCUT2D eigenvalue weighted by molar-refractivity contribution is -0.120. The van der Waals surface area contributed by atoms with Crippen molar-refractivity contribution in [2.75, 3.05) is 13.1 Å². The van der Waals surface area contributed by atoms with Crippen LogP contribution < -0.4 is 10.6 Å². The van der Waals surface area contributed by atoms with Crippen molar-refractivity contribution in [3.8, 4) is 5.69 Å². The highest BCUT2D eigenvalue weighted by Gasteiger charge is 2.06. The van der Waals surface area contributed by atoms with Gasteiger partial charge < -0.3 is 10.6 Å². The zero-order valence-corrected chi connectivity index (χ0v) is 14.3. The zero-order valence-electron chi connectivity index (χ0n) is 14.3. The van der Waals surface area contributed by atoms with Crippen LogP contribution in [0.15, 0.2) is 73.1 Å². The van der Waals surface area contributed by atoms with Gasteiger partial charge in [-0.25, -0.2) is 4.68 Å². The molecule has 3 rings (SSSR count). The minimum atomic E-state index is -0.144. The predicted octanol–water partition coefficient (Wildman–Crippen LogP) is 1.96. The number of nitrogens with one attached hydrogen (secondary N) is 2. The molecule has 0 saturated carbocycles. The van der Waals surface area contributed by atoms with Crippen LogP contribution in [0.3, 0.4) is 0 Å². The Bertz CT molecular complexity index is 843. The van der Waals surface area contributed by atoms with Crippen molar-refractivity contribution < 1.29 is 9.59 Å². The first-order chi connectivity index (χ1) is 12.7. The fraction of sp³-hybridized carbons (Fsp3) is 0.150. The quantitative estimate of drug-likeness (QED) is 0.641. The Morgan fingerprint density at radius 3 is 2.31 bits per heavy atom. The van der Waals surface area contributed by atoms with Crippen molar-refractivity contribution in [1.29, 1.82) is 0 Å².